The minimum atomic E-state index is -0.0172. The topological polar surface area (TPSA) is 45.2 Å². The molecule has 2 aromatic carbocycles. The molecule has 0 aliphatic carbocycles. The molecule has 1 aromatic heterocycles. The molecule has 0 radical (unpaired) electrons. The van der Waals surface area contributed by atoms with E-state index in [-0.39, 0.29) is 5.91 Å². The van der Waals surface area contributed by atoms with E-state index in [1.165, 1.54) is 29.7 Å². The van der Waals surface area contributed by atoms with Crippen molar-refractivity contribution in [1.82, 2.24) is 15.2 Å². The van der Waals surface area contributed by atoms with E-state index in [1.54, 1.807) is 0 Å². The molecule has 1 aliphatic heterocycles. The summed E-state index contributed by atoms with van der Waals surface area (Å²) in [5, 5.41) is 5.40. The molecular formula is C23H25N3O. The van der Waals surface area contributed by atoms with Crippen molar-refractivity contribution < 1.29 is 4.79 Å². The number of nitrogens with one attached hydrogen (secondary N) is 1. The molecule has 1 fully saturated rings. The summed E-state index contributed by atoms with van der Waals surface area (Å²) in [7, 11) is 0. The maximum atomic E-state index is 11.1. The van der Waals surface area contributed by atoms with E-state index in [2.05, 4.69) is 69.8 Å². The molecule has 27 heavy (non-hydrogen) atoms. The number of hydrogen-bond donors (Lipinski definition) is 1. The standard InChI is InChI=1S/C23H25N3O/c1-17(27)24-14-19-9-11-22(25-15-19)23-7-4-12-26(23)16-18-8-10-20-5-2-3-6-21(20)13-18/h2-3,5-6,8-11,13,15,23H,4,7,12,14,16H2,1H3,(H,24,27)/t23-/m1/s1. The van der Waals surface area contributed by atoms with Gasteiger partial charge in [-0.2, -0.15) is 0 Å². The quantitative estimate of drug-likeness (QED) is 0.742. The van der Waals surface area contributed by atoms with E-state index in [0.717, 1.165) is 30.8 Å². The lowest BCUT2D eigenvalue weighted by atomic mass is 10.1. The van der Waals surface area contributed by atoms with E-state index in [0.29, 0.717) is 12.6 Å². The third-order valence-electron chi connectivity index (χ3n) is 5.29. The smallest absolute Gasteiger partial charge is 0.217 e. The van der Waals surface area contributed by atoms with Gasteiger partial charge in [-0.05, 0) is 53.4 Å². The summed E-state index contributed by atoms with van der Waals surface area (Å²) in [6, 6.07) is 19.8. The van der Waals surface area contributed by atoms with Crippen LogP contribution in [0.25, 0.3) is 10.8 Å². The van der Waals surface area contributed by atoms with Crippen molar-refractivity contribution >= 4 is 16.7 Å². The van der Waals surface area contributed by atoms with Crippen molar-refractivity contribution in [3.8, 4) is 0 Å². The van der Waals surface area contributed by atoms with Crippen LogP contribution in [-0.4, -0.2) is 22.3 Å². The second-order valence-corrected chi connectivity index (χ2v) is 7.31. The van der Waals surface area contributed by atoms with E-state index >= 15 is 0 Å². The van der Waals surface area contributed by atoms with Crippen molar-refractivity contribution in [2.45, 2.75) is 38.9 Å². The first-order valence-corrected chi connectivity index (χ1v) is 9.60. The summed E-state index contributed by atoms with van der Waals surface area (Å²) in [6.07, 6.45) is 4.23. The molecule has 0 bridgehead atoms. The van der Waals surface area contributed by atoms with Crippen LogP contribution in [0.3, 0.4) is 0 Å². The van der Waals surface area contributed by atoms with Gasteiger partial charge in [0, 0.05) is 26.2 Å². The average molecular weight is 359 g/mol. The monoisotopic (exact) mass is 359 g/mol. The van der Waals surface area contributed by atoms with Crippen molar-refractivity contribution in [3.63, 3.8) is 0 Å². The van der Waals surface area contributed by atoms with E-state index in [4.69, 9.17) is 0 Å². The Labute approximate surface area is 160 Å². The zero-order chi connectivity index (χ0) is 18.6. The van der Waals surface area contributed by atoms with Crippen LogP contribution in [0.5, 0.6) is 0 Å². The van der Waals surface area contributed by atoms with E-state index in [9.17, 15) is 4.79 Å². The average Bonchev–Trinajstić information content (AvgIpc) is 3.15. The molecule has 2 heterocycles. The van der Waals surface area contributed by atoms with Crippen LogP contribution >= 0.6 is 0 Å². The van der Waals surface area contributed by atoms with Crippen LogP contribution in [0, 0.1) is 0 Å². The van der Waals surface area contributed by atoms with Crippen molar-refractivity contribution in [2.75, 3.05) is 6.54 Å². The molecule has 1 atom stereocenters. The minimum absolute atomic E-state index is 0.0172. The Morgan fingerprint density at radius 2 is 1.93 bits per heavy atom. The fourth-order valence-electron chi connectivity index (χ4n) is 3.89. The number of aromatic nitrogens is 1. The first-order chi connectivity index (χ1) is 13.2. The number of benzene rings is 2. The third kappa shape index (κ3) is 4.17. The van der Waals surface area contributed by atoms with Crippen molar-refractivity contribution in [3.05, 3.63) is 77.6 Å². The number of fused-ring (bicyclic) bond motifs is 1. The second-order valence-electron chi connectivity index (χ2n) is 7.31. The predicted octanol–water partition coefficient (Wildman–Crippen LogP) is 4.21. The molecule has 1 aliphatic rings. The van der Waals surface area contributed by atoms with Crippen LogP contribution in [0.15, 0.2) is 60.8 Å². The summed E-state index contributed by atoms with van der Waals surface area (Å²) in [6.45, 7) is 4.12. The van der Waals surface area contributed by atoms with Crippen LogP contribution < -0.4 is 5.32 Å². The summed E-state index contributed by atoms with van der Waals surface area (Å²) in [5.74, 6) is -0.0172. The Kier molecular flexibility index (Phi) is 5.16. The van der Waals surface area contributed by atoms with Gasteiger partial charge in [-0.1, -0.05) is 42.5 Å². The lowest BCUT2D eigenvalue weighted by Gasteiger charge is -2.24. The summed E-state index contributed by atoms with van der Waals surface area (Å²) >= 11 is 0. The lowest BCUT2D eigenvalue weighted by Crippen LogP contribution is -2.23. The molecule has 4 heteroatoms. The Morgan fingerprint density at radius 1 is 1.11 bits per heavy atom. The number of nitrogens with zero attached hydrogens (tertiary/aromatic N) is 2. The third-order valence-corrected chi connectivity index (χ3v) is 5.29. The highest BCUT2D eigenvalue weighted by atomic mass is 16.1. The first-order valence-electron chi connectivity index (χ1n) is 9.60. The minimum Gasteiger partial charge on any atom is -0.352 e. The maximum absolute atomic E-state index is 11.1. The van der Waals surface area contributed by atoms with E-state index in [1.807, 2.05) is 6.20 Å². The number of carbonyl (C=O) groups excluding carboxylic acids is 1. The highest BCUT2D eigenvalue weighted by Crippen LogP contribution is 2.32. The van der Waals surface area contributed by atoms with Gasteiger partial charge in [0.25, 0.3) is 0 Å². The van der Waals surface area contributed by atoms with Gasteiger partial charge >= 0.3 is 0 Å². The van der Waals surface area contributed by atoms with Gasteiger partial charge < -0.3 is 5.32 Å². The fourth-order valence-corrected chi connectivity index (χ4v) is 3.89. The number of pyridine rings is 1. The van der Waals surface area contributed by atoms with Crippen molar-refractivity contribution in [2.24, 2.45) is 0 Å². The molecule has 138 valence electrons. The van der Waals surface area contributed by atoms with Crippen LogP contribution in [-0.2, 0) is 17.9 Å². The molecule has 0 spiro atoms. The van der Waals surface area contributed by atoms with Gasteiger partial charge in [0.1, 0.15) is 0 Å². The number of amides is 1. The van der Waals surface area contributed by atoms with Crippen LogP contribution in [0.1, 0.15) is 42.6 Å². The summed E-state index contributed by atoms with van der Waals surface area (Å²) < 4.78 is 0. The molecule has 0 unspecified atom stereocenters. The summed E-state index contributed by atoms with van der Waals surface area (Å²) in [4.78, 5) is 18.3. The van der Waals surface area contributed by atoms with Gasteiger partial charge in [0.15, 0.2) is 0 Å². The maximum Gasteiger partial charge on any atom is 0.217 e. The van der Waals surface area contributed by atoms with Gasteiger partial charge in [-0.15, -0.1) is 0 Å². The SMILES string of the molecule is CC(=O)NCc1ccc([C@H]2CCCN2Cc2ccc3ccccc3c2)nc1. The molecule has 4 nitrogen and oxygen atoms in total. The second kappa shape index (κ2) is 7.89. The molecule has 1 saturated heterocycles. The van der Waals surface area contributed by atoms with Gasteiger partial charge in [-0.3, -0.25) is 14.7 Å². The zero-order valence-corrected chi connectivity index (χ0v) is 15.7. The Balaban J connectivity index is 1.47. The van der Waals surface area contributed by atoms with Crippen LogP contribution in [0.2, 0.25) is 0 Å². The number of carbonyl (C=O) groups is 1. The molecule has 3 aromatic rings. The number of likely N-dealkylation sites (tertiary alicyclic amines) is 1. The number of rotatable bonds is 5. The number of hydrogen-bond acceptors (Lipinski definition) is 3. The molecule has 1 amide bonds. The Morgan fingerprint density at radius 3 is 2.70 bits per heavy atom. The highest BCUT2D eigenvalue weighted by molar-refractivity contribution is 5.82. The van der Waals surface area contributed by atoms with Gasteiger partial charge in [-0.25, -0.2) is 0 Å². The highest BCUT2D eigenvalue weighted by Gasteiger charge is 2.27. The Bertz CT molecular complexity index is 936. The van der Waals surface area contributed by atoms with Crippen molar-refractivity contribution in [1.29, 1.82) is 0 Å². The zero-order valence-electron chi connectivity index (χ0n) is 15.7. The van der Waals surface area contributed by atoms with Crippen LogP contribution in [0.4, 0.5) is 0 Å². The molecule has 1 N–H and O–H groups in total. The molecular weight excluding hydrogens is 334 g/mol. The predicted molar refractivity (Wildman–Crippen MR) is 108 cm³/mol. The Hall–Kier alpha value is -2.72. The molecule has 0 saturated carbocycles. The van der Waals surface area contributed by atoms with E-state index < -0.39 is 0 Å². The summed E-state index contributed by atoms with van der Waals surface area (Å²) in [5.41, 5.74) is 3.51. The fraction of sp³-hybridized carbons (Fsp3) is 0.304. The lowest BCUT2D eigenvalue weighted by molar-refractivity contribution is -0.119. The first kappa shape index (κ1) is 17.7. The normalized spacial score (nSPS) is 17.3. The largest absolute Gasteiger partial charge is 0.352 e. The van der Waals surface area contributed by atoms with Gasteiger partial charge in [0.2, 0.25) is 5.91 Å². The molecule has 4 rings (SSSR count). The van der Waals surface area contributed by atoms with Gasteiger partial charge in [0.05, 0.1) is 11.7 Å².